The van der Waals surface area contributed by atoms with Gasteiger partial charge in [-0.05, 0) is 42.9 Å². The molecule has 0 bridgehead atoms. The summed E-state index contributed by atoms with van der Waals surface area (Å²) in [6.07, 6.45) is -0.195. The molecule has 0 amide bonds. The average molecular weight is 333 g/mol. The highest BCUT2D eigenvalue weighted by Crippen LogP contribution is 2.23. The Kier molecular flexibility index (Phi) is 5.49. The summed E-state index contributed by atoms with van der Waals surface area (Å²) in [6, 6.07) is 23.7. The molecule has 3 heteroatoms. The molecule has 3 aromatic rings. The highest BCUT2D eigenvalue weighted by Gasteiger charge is 2.16. The molecule has 2 atom stereocenters. The Morgan fingerprint density at radius 3 is 2.32 bits per heavy atom. The minimum Gasteiger partial charge on any atom is -0.312 e. The molecule has 0 heterocycles. The zero-order chi connectivity index (χ0) is 17.8. The van der Waals surface area contributed by atoms with E-state index in [1.54, 1.807) is 0 Å². The Morgan fingerprint density at radius 2 is 1.60 bits per heavy atom. The van der Waals surface area contributed by atoms with Crippen LogP contribution in [0.15, 0.2) is 66.7 Å². The number of hydrogen-bond donors (Lipinski definition) is 2. The van der Waals surface area contributed by atoms with Crippen LogP contribution < -0.4 is 11.1 Å². The summed E-state index contributed by atoms with van der Waals surface area (Å²) in [5.74, 6) is 0. The molecule has 3 nitrogen and oxygen atoms in total. The fraction of sp³-hybridized carbons (Fsp3) is 0.273. The van der Waals surface area contributed by atoms with E-state index >= 15 is 0 Å². The van der Waals surface area contributed by atoms with Crippen molar-refractivity contribution in [2.45, 2.75) is 19.1 Å². The Balaban J connectivity index is 1.77. The molecule has 3 rings (SSSR count). The van der Waals surface area contributed by atoms with Gasteiger partial charge in [-0.15, -0.1) is 0 Å². The van der Waals surface area contributed by atoms with Crippen molar-refractivity contribution in [2.24, 2.45) is 5.73 Å². The second-order valence-electron chi connectivity index (χ2n) is 6.84. The lowest BCUT2D eigenvalue weighted by Crippen LogP contribution is -2.36. The normalized spacial score (nSPS) is 14.0. The SMILES string of the molecule is Cc1ccc(C(CNC(N)c2cccc3ccccc23)N(C)C)cc1. The second-order valence-corrected chi connectivity index (χ2v) is 6.84. The van der Waals surface area contributed by atoms with Crippen LogP contribution in [0.25, 0.3) is 10.8 Å². The maximum atomic E-state index is 6.48. The number of aryl methyl sites for hydroxylation is 1. The number of fused-ring (bicyclic) bond motifs is 1. The third-order valence-corrected chi connectivity index (χ3v) is 4.78. The second kappa shape index (κ2) is 7.79. The van der Waals surface area contributed by atoms with Crippen LogP contribution in [0.1, 0.15) is 28.9 Å². The zero-order valence-electron chi connectivity index (χ0n) is 15.2. The molecule has 0 radical (unpaired) electrons. The van der Waals surface area contributed by atoms with Gasteiger partial charge < -0.3 is 10.6 Å². The summed E-state index contributed by atoms with van der Waals surface area (Å²) in [5.41, 5.74) is 10.2. The first-order valence-corrected chi connectivity index (χ1v) is 8.76. The lowest BCUT2D eigenvalue weighted by molar-refractivity contribution is 0.280. The van der Waals surface area contributed by atoms with Gasteiger partial charge in [-0.1, -0.05) is 72.3 Å². The highest BCUT2D eigenvalue weighted by atomic mass is 15.1. The van der Waals surface area contributed by atoms with Crippen molar-refractivity contribution in [3.63, 3.8) is 0 Å². The van der Waals surface area contributed by atoms with Crippen LogP contribution in [0.4, 0.5) is 0 Å². The van der Waals surface area contributed by atoms with E-state index in [9.17, 15) is 0 Å². The number of rotatable bonds is 6. The summed E-state index contributed by atoms with van der Waals surface area (Å²) in [7, 11) is 4.21. The number of benzene rings is 3. The van der Waals surface area contributed by atoms with E-state index in [-0.39, 0.29) is 12.2 Å². The van der Waals surface area contributed by atoms with E-state index in [1.807, 2.05) is 0 Å². The third-order valence-electron chi connectivity index (χ3n) is 4.78. The van der Waals surface area contributed by atoms with Gasteiger partial charge in [-0.2, -0.15) is 0 Å². The molecule has 0 fully saturated rings. The van der Waals surface area contributed by atoms with Crippen LogP contribution in [0.5, 0.6) is 0 Å². The first-order chi connectivity index (χ1) is 12.1. The number of hydrogen-bond acceptors (Lipinski definition) is 3. The van der Waals surface area contributed by atoms with E-state index in [2.05, 4.69) is 98.0 Å². The highest BCUT2D eigenvalue weighted by molar-refractivity contribution is 5.86. The van der Waals surface area contributed by atoms with Crippen molar-refractivity contribution in [2.75, 3.05) is 20.6 Å². The van der Waals surface area contributed by atoms with E-state index in [0.717, 1.165) is 12.1 Å². The maximum absolute atomic E-state index is 6.48. The Morgan fingerprint density at radius 1 is 0.920 bits per heavy atom. The van der Waals surface area contributed by atoms with Gasteiger partial charge >= 0.3 is 0 Å². The van der Waals surface area contributed by atoms with Crippen molar-refractivity contribution in [1.29, 1.82) is 0 Å². The van der Waals surface area contributed by atoms with E-state index in [1.165, 1.54) is 21.9 Å². The topological polar surface area (TPSA) is 41.3 Å². The van der Waals surface area contributed by atoms with Gasteiger partial charge in [0.15, 0.2) is 0 Å². The molecule has 0 aliphatic carbocycles. The fourth-order valence-electron chi connectivity index (χ4n) is 3.26. The predicted molar refractivity (Wildman–Crippen MR) is 106 cm³/mol. The maximum Gasteiger partial charge on any atom is 0.0816 e. The molecular formula is C22H27N3. The molecule has 3 aromatic carbocycles. The Labute approximate surface area is 150 Å². The summed E-state index contributed by atoms with van der Waals surface area (Å²) in [6.45, 7) is 2.91. The Bertz CT molecular complexity index is 819. The first-order valence-electron chi connectivity index (χ1n) is 8.76. The van der Waals surface area contributed by atoms with Crippen molar-refractivity contribution < 1.29 is 0 Å². The van der Waals surface area contributed by atoms with Crippen molar-refractivity contribution >= 4 is 10.8 Å². The third kappa shape index (κ3) is 4.07. The molecule has 0 aromatic heterocycles. The lowest BCUT2D eigenvalue weighted by atomic mass is 10.0. The van der Waals surface area contributed by atoms with Crippen LogP contribution in [-0.4, -0.2) is 25.5 Å². The molecular weight excluding hydrogens is 306 g/mol. The van der Waals surface area contributed by atoms with Crippen molar-refractivity contribution in [3.8, 4) is 0 Å². The quantitative estimate of drug-likeness (QED) is 0.670. The van der Waals surface area contributed by atoms with Crippen LogP contribution in [0.3, 0.4) is 0 Å². The molecule has 130 valence electrons. The minimum atomic E-state index is -0.195. The smallest absolute Gasteiger partial charge is 0.0816 e. The molecule has 2 unspecified atom stereocenters. The minimum absolute atomic E-state index is 0.195. The van der Waals surface area contributed by atoms with Gasteiger partial charge in [-0.3, -0.25) is 5.32 Å². The molecule has 0 saturated carbocycles. The summed E-state index contributed by atoms with van der Waals surface area (Å²) < 4.78 is 0. The van der Waals surface area contributed by atoms with E-state index in [4.69, 9.17) is 5.73 Å². The molecule has 0 aliphatic rings. The van der Waals surface area contributed by atoms with Crippen molar-refractivity contribution in [3.05, 3.63) is 83.4 Å². The lowest BCUT2D eigenvalue weighted by Gasteiger charge is -2.27. The van der Waals surface area contributed by atoms with Gasteiger partial charge in [0.2, 0.25) is 0 Å². The fourth-order valence-corrected chi connectivity index (χ4v) is 3.26. The molecule has 0 spiro atoms. The van der Waals surface area contributed by atoms with Crippen molar-refractivity contribution in [1.82, 2.24) is 10.2 Å². The average Bonchev–Trinajstić information content (AvgIpc) is 2.62. The van der Waals surface area contributed by atoms with Gasteiger partial charge in [0, 0.05) is 12.6 Å². The Hall–Kier alpha value is -2.20. The molecule has 0 saturated heterocycles. The number of nitrogens with zero attached hydrogens (tertiary/aromatic N) is 1. The predicted octanol–water partition coefficient (Wildman–Crippen LogP) is 4.00. The summed E-state index contributed by atoms with van der Waals surface area (Å²) in [5, 5.41) is 5.95. The summed E-state index contributed by atoms with van der Waals surface area (Å²) in [4.78, 5) is 2.23. The zero-order valence-corrected chi connectivity index (χ0v) is 15.2. The van der Waals surface area contributed by atoms with Gasteiger partial charge in [-0.25, -0.2) is 0 Å². The van der Waals surface area contributed by atoms with Crippen LogP contribution in [0.2, 0.25) is 0 Å². The monoisotopic (exact) mass is 333 g/mol. The number of nitrogens with two attached hydrogens (primary N) is 1. The van der Waals surface area contributed by atoms with Gasteiger partial charge in [0.25, 0.3) is 0 Å². The van der Waals surface area contributed by atoms with Gasteiger partial charge in [0.1, 0.15) is 0 Å². The van der Waals surface area contributed by atoms with Gasteiger partial charge in [0.05, 0.1) is 6.17 Å². The van der Waals surface area contributed by atoms with E-state index in [0.29, 0.717) is 0 Å². The first kappa shape index (κ1) is 17.6. The largest absolute Gasteiger partial charge is 0.312 e. The molecule has 25 heavy (non-hydrogen) atoms. The van der Waals surface area contributed by atoms with Crippen LogP contribution >= 0.6 is 0 Å². The summed E-state index contributed by atoms with van der Waals surface area (Å²) >= 11 is 0. The van der Waals surface area contributed by atoms with E-state index < -0.39 is 0 Å². The number of likely N-dealkylation sites (N-methyl/N-ethyl adjacent to an activating group) is 1. The number of nitrogens with one attached hydrogen (secondary N) is 1. The standard InChI is InChI=1S/C22H27N3/c1-16-11-13-18(14-12-16)21(25(2)3)15-24-22(23)20-10-6-8-17-7-4-5-9-19(17)20/h4-14,21-22,24H,15,23H2,1-3H3. The molecule has 3 N–H and O–H groups in total. The van der Waals surface area contributed by atoms with Crippen LogP contribution in [0, 0.1) is 6.92 Å². The van der Waals surface area contributed by atoms with Crippen LogP contribution in [-0.2, 0) is 0 Å². The molecule has 0 aliphatic heterocycles.